The van der Waals surface area contributed by atoms with Crippen molar-refractivity contribution in [3.05, 3.63) is 66.2 Å². The van der Waals surface area contributed by atoms with Gasteiger partial charge in [-0.25, -0.2) is 9.59 Å². The van der Waals surface area contributed by atoms with Gasteiger partial charge in [0.15, 0.2) is 0 Å². The smallest absolute Gasteiger partial charge is 0.323 e. The van der Waals surface area contributed by atoms with Crippen LogP contribution in [0.5, 0.6) is 0 Å². The van der Waals surface area contributed by atoms with E-state index in [1.165, 1.54) is 0 Å². The molecular formula is C17H17ClN4O2. The fourth-order valence-corrected chi connectivity index (χ4v) is 2.03. The predicted molar refractivity (Wildman–Crippen MR) is 97.8 cm³/mol. The van der Waals surface area contributed by atoms with Gasteiger partial charge in [-0.1, -0.05) is 23.7 Å². The maximum atomic E-state index is 11.9. The minimum atomic E-state index is -0.387. The molecule has 0 heterocycles. The highest BCUT2D eigenvalue weighted by Gasteiger charge is 2.04. The predicted octanol–water partition coefficient (Wildman–Crippen LogP) is 4.29. The van der Waals surface area contributed by atoms with Crippen molar-refractivity contribution < 1.29 is 9.59 Å². The van der Waals surface area contributed by atoms with Gasteiger partial charge in [-0.05, 0) is 42.5 Å². The summed E-state index contributed by atoms with van der Waals surface area (Å²) in [6.07, 6.45) is 1.59. The van der Waals surface area contributed by atoms with Crippen LogP contribution in [0.4, 0.5) is 26.7 Å². The van der Waals surface area contributed by atoms with Crippen molar-refractivity contribution in [3.8, 4) is 0 Å². The average Bonchev–Trinajstić information content (AvgIpc) is 2.54. The first-order valence-electron chi connectivity index (χ1n) is 7.16. The molecule has 2 aromatic rings. The number of hydrogen-bond donors (Lipinski definition) is 4. The van der Waals surface area contributed by atoms with E-state index < -0.39 is 0 Å². The summed E-state index contributed by atoms with van der Waals surface area (Å²) in [5.74, 6) is 0. The molecule has 0 unspecified atom stereocenters. The van der Waals surface area contributed by atoms with Crippen molar-refractivity contribution in [2.45, 2.75) is 0 Å². The van der Waals surface area contributed by atoms with E-state index in [1.54, 1.807) is 54.6 Å². The molecular weight excluding hydrogens is 328 g/mol. The van der Waals surface area contributed by atoms with Crippen LogP contribution in [0.3, 0.4) is 0 Å². The molecule has 4 N–H and O–H groups in total. The Bertz CT molecular complexity index is 732. The van der Waals surface area contributed by atoms with E-state index in [-0.39, 0.29) is 12.1 Å². The van der Waals surface area contributed by atoms with Gasteiger partial charge in [0.1, 0.15) is 0 Å². The summed E-state index contributed by atoms with van der Waals surface area (Å²) in [5.41, 5.74) is 1.79. The van der Waals surface area contributed by atoms with Gasteiger partial charge in [-0.3, -0.25) is 0 Å². The zero-order valence-corrected chi connectivity index (χ0v) is 13.6. The van der Waals surface area contributed by atoms with Crippen LogP contribution in [-0.4, -0.2) is 18.6 Å². The molecule has 0 aliphatic carbocycles. The third-order valence-electron chi connectivity index (χ3n) is 2.89. The van der Waals surface area contributed by atoms with Crippen molar-refractivity contribution in [3.63, 3.8) is 0 Å². The van der Waals surface area contributed by atoms with Crippen molar-refractivity contribution in [2.24, 2.45) is 0 Å². The van der Waals surface area contributed by atoms with Gasteiger partial charge < -0.3 is 21.3 Å². The second kappa shape index (κ2) is 8.59. The molecule has 0 radical (unpaired) electrons. The highest BCUT2D eigenvalue weighted by molar-refractivity contribution is 6.30. The zero-order chi connectivity index (χ0) is 17.4. The summed E-state index contributed by atoms with van der Waals surface area (Å²) in [5, 5.41) is 11.2. The third-order valence-corrected chi connectivity index (χ3v) is 3.13. The monoisotopic (exact) mass is 344 g/mol. The van der Waals surface area contributed by atoms with Gasteiger partial charge in [0.25, 0.3) is 0 Å². The molecule has 0 aromatic heterocycles. The maximum Gasteiger partial charge on any atom is 0.323 e. The van der Waals surface area contributed by atoms with E-state index in [0.717, 1.165) is 0 Å². The molecule has 0 fully saturated rings. The minimum Gasteiger partial charge on any atom is -0.334 e. The fourth-order valence-electron chi connectivity index (χ4n) is 1.84. The van der Waals surface area contributed by atoms with Crippen LogP contribution < -0.4 is 21.3 Å². The van der Waals surface area contributed by atoms with Gasteiger partial charge in [0.2, 0.25) is 0 Å². The second-order valence-corrected chi connectivity index (χ2v) is 5.23. The highest BCUT2D eigenvalue weighted by Crippen LogP contribution is 2.16. The number of hydrogen-bond acceptors (Lipinski definition) is 2. The standard InChI is InChI=1S/C17H17ClN4O2/c1-2-10-19-16(23)20-13-6-8-14(9-7-13)21-17(24)22-15-5-3-4-12(18)11-15/h2-9,11H,1,10H2,(H2,19,20,23)(H2,21,22,24). The Labute approximate surface area is 144 Å². The number of urea groups is 2. The molecule has 4 amide bonds. The molecule has 7 heteroatoms. The Balaban J connectivity index is 1.87. The Morgan fingerprint density at radius 2 is 1.50 bits per heavy atom. The normalized spacial score (nSPS) is 9.71. The zero-order valence-electron chi connectivity index (χ0n) is 12.8. The maximum absolute atomic E-state index is 11.9. The van der Waals surface area contributed by atoms with Crippen LogP contribution >= 0.6 is 11.6 Å². The number of carbonyl (C=O) groups is 2. The fraction of sp³-hybridized carbons (Fsp3) is 0.0588. The highest BCUT2D eigenvalue weighted by atomic mass is 35.5. The van der Waals surface area contributed by atoms with Crippen LogP contribution in [0.1, 0.15) is 0 Å². The minimum absolute atomic E-state index is 0.325. The van der Waals surface area contributed by atoms with Crippen molar-refractivity contribution in [2.75, 3.05) is 22.5 Å². The summed E-state index contributed by atoms with van der Waals surface area (Å²) in [6.45, 7) is 3.90. The summed E-state index contributed by atoms with van der Waals surface area (Å²) in [6, 6.07) is 12.9. The molecule has 24 heavy (non-hydrogen) atoms. The lowest BCUT2D eigenvalue weighted by molar-refractivity contribution is 0.253. The van der Waals surface area contributed by atoms with Gasteiger partial charge in [-0.2, -0.15) is 0 Å². The van der Waals surface area contributed by atoms with E-state index in [4.69, 9.17) is 11.6 Å². The number of rotatable bonds is 5. The largest absolute Gasteiger partial charge is 0.334 e. The van der Waals surface area contributed by atoms with Gasteiger partial charge in [0, 0.05) is 28.6 Å². The van der Waals surface area contributed by atoms with E-state index in [1.807, 2.05) is 0 Å². The van der Waals surface area contributed by atoms with Gasteiger partial charge in [-0.15, -0.1) is 6.58 Å². The molecule has 0 aliphatic heterocycles. The average molecular weight is 345 g/mol. The van der Waals surface area contributed by atoms with Crippen LogP contribution in [0.25, 0.3) is 0 Å². The lowest BCUT2D eigenvalue weighted by atomic mass is 10.3. The summed E-state index contributed by atoms with van der Waals surface area (Å²) in [7, 11) is 0. The van der Waals surface area contributed by atoms with E-state index in [0.29, 0.717) is 28.6 Å². The molecule has 0 saturated heterocycles. The Morgan fingerprint density at radius 1 is 0.917 bits per heavy atom. The van der Waals surface area contributed by atoms with Crippen molar-refractivity contribution >= 4 is 40.7 Å². The lowest BCUT2D eigenvalue weighted by Crippen LogP contribution is -2.28. The van der Waals surface area contributed by atoms with E-state index in [2.05, 4.69) is 27.8 Å². The number of benzene rings is 2. The van der Waals surface area contributed by atoms with Crippen LogP contribution in [0.2, 0.25) is 5.02 Å². The number of carbonyl (C=O) groups excluding carboxylic acids is 2. The number of nitrogens with one attached hydrogen (secondary N) is 4. The molecule has 0 aliphatic rings. The number of halogens is 1. The molecule has 0 spiro atoms. The summed E-state index contributed by atoms with van der Waals surface area (Å²) in [4.78, 5) is 23.4. The first-order valence-corrected chi connectivity index (χ1v) is 7.54. The van der Waals surface area contributed by atoms with Crippen LogP contribution in [0.15, 0.2) is 61.2 Å². The molecule has 2 rings (SSSR count). The molecule has 0 bridgehead atoms. The van der Waals surface area contributed by atoms with Crippen LogP contribution in [0, 0.1) is 0 Å². The SMILES string of the molecule is C=CCNC(=O)Nc1ccc(NC(=O)Nc2cccc(Cl)c2)cc1. The summed E-state index contributed by atoms with van der Waals surface area (Å²) < 4.78 is 0. The Hall–Kier alpha value is -2.99. The Kier molecular flexibility index (Phi) is 6.22. The summed E-state index contributed by atoms with van der Waals surface area (Å²) >= 11 is 5.86. The van der Waals surface area contributed by atoms with E-state index >= 15 is 0 Å². The molecule has 0 saturated carbocycles. The number of amides is 4. The first kappa shape index (κ1) is 17.4. The van der Waals surface area contributed by atoms with Crippen molar-refractivity contribution in [1.29, 1.82) is 0 Å². The van der Waals surface area contributed by atoms with Gasteiger partial charge in [0.05, 0.1) is 0 Å². The van der Waals surface area contributed by atoms with Crippen LogP contribution in [-0.2, 0) is 0 Å². The second-order valence-electron chi connectivity index (χ2n) is 4.79. The van der Waals surface area contributed by atoms with Crippen molar-refractivity contribution in [1.82, 2.24) is 5.32 Å². The molecule has 124 valence electrons. The molecule has 2 aromatic carbocycles. The van der Waals surface area contributed by atoms with Gasteiger partial charge >= 0.3 is 12.1 Å². The first-order chi connectivity index (χ1) is 11.6. The quantitative estimate of drug-likeness (QED) is 0.610. The third kappa shape index (κ3) is 5.66. The Morgan fingerprint density at radius 3 is 2.08 bits per heavy atom. The molecule has 0 atom stereocenters. The number of anilines is 3. The van der Waals surface area contributed by atoms with E-state index in [9.17, 15) is 9.59 Å². The molecule has 6 nitrogen and oxygen atoms in total. The topological polar surface area (TPSA) is 82.3 Å². The lowest BCUT2D eigenvalue weighted by Gasteiger charge is -2.09.